The summed E-state index contributed by atoms with van der Waals surface area (Å²) >= 11 is 0. The van der Waals surface area contributed by atoms with Gasteiger partial charge in [0.05, 0.1) is 12.0 Å². The van der Waals surface area contributed by atoms with Gasteiger partial charge in [0.25, 0.3) is 0 Å². The zero-order valence-electron chi connectivity index (χ0n) is 15.4. The largest absolute Gasteiger partial charge is 0.384 e. The maximum absolute atomic E-state index is 12.4. The predicted molar refractivity (Wildman–Crippen MR) is 97.7 cm³/mol. The van der Waals surface area contributed by atoms with E-state index in [0.717, 1.165) is 26.2 Å². The zero-order valence-corrected chi connectivity index (χ0v) is 15.4. The highest BCUT2D eigenvalue weighted by Gasteiger charge is 2.28. The second-order valence-corrected chi connectivity index (χ2v) is 7.61. The van der Waals surface area contributed by atoms with Crippen LogP contribution < -0.4 is 5.32 Å². The Morgan fingerprint density at radius 3 is 2.75 bits per heavy atom. The van der Waals surface area contributed by atoms with Crippen LogP contribution in [0.25, 0.3) is 0 Å². The van der Waals surface area contributed by atoms with Crippen molar-refractivity contribution in [3.63, 3.8) is 0 Å². The minimum absolute atomic E-state index is 0.0863. The fourth-order valence-corrected chi connectivity index (χ4v) is 3.37. The Labute approximate surface area is 146 Å². The van der Waals surface area contributed by atoms with Crippen LogP contribution in [0.5, 0.6) is 0 Å². The van der Waals surface area contributed by atoms with Gasteiger partial charge in [0, 0.05) is 26.7 Å². The van der Waals surface area contributed by atoms with E-state index in [0.29, 0.717) is 12.5 Å². The van der Waals surface area contributed by atoms with Crippen LogP contribution in [-0.2, 0) is 16.1 Å². The molecular weight excluding hydrogens is 300 g/mol. The highest BCUT2D eigenvalue weighted by Crippen LogP contribution is 2.19. The Hall–Kier alpha value is -1.39. The molecule has 2 rings (SSSR count). The number of nitrogens with zero attached hydrogens (tertiary/aromatic N) is 1. The number of amides is 1. The number of likely N-dealkylation sites (tertiary alicyclic amines) is 1. The van der Waals surface area contributed by atoms with Gasteiger partial charge in [-0.05, 0) is 44.7 Å². The second kappa shape index (κ2) is 9.19. The molecule has 1 aliphatic rings. The molecule has 1 N–H and O–H groups in total. The van der Waals surface area contributed by atoms with Gasteiger partial charge < -0.3 is 10.1 Å². The zero-order chi connectivity index (χ0) is 17.4. The summed E-state index contributed by atoms with van der Waals surface area (Å²) in [7, 11) is 1.64. The molecule has 0 bridgehead atoms. The van der Waals surface area contributed by atoms with Gasteiger partial charge in [-0.15, -0.1) is 0 Å². The first-order valence-electron chi connectivity index (χ1n) is 9.05. The van der Waals surface area contributed by atoms with Crippen molar-refractivity contribution in [2.24, 2.45) is 11.3 Å². The van der Waals surface area contributed by atoms with E-state index in [1.54, 1.807) is 7.11 Å². The van der Waals surface area contributed by atoms with Gasteiger partial charge in [-0.2, -0.15) is 0 Å². The first-order valence-corrected chi connectivity index (χ1v) is 9.05. The number of methoxy groups -OCH3 is 1. The van der Waals surface area contributed by atoms with Crippen LogP contribution in [0, 0.1) is 11.3 Å². The topological polar surface area (TPSA) is 41.6 Å². The molecule has 4 heteroatoms. The molecule has 1 amide bonds. The van der Waals surface area contributed by atoms with Gasteiger partial charge in [0.2, 0.25) is 5.91 Å². The van der Waals surface area contributed by atoms with Crippen molar-refractivity contribution < 1.29 is 9.53 Å². The Morgan fingerprint density at radius 2 is 2.04 bits per heavy atom. The molecule has 0 radical (unpaired) electrons. The summed E-state index contributed by atoms with van der Waals surface area (Å²) in [5.74, 6) is 0.613. The highest BCUT2D eigenvalue weighted by molar-refractivity contribution is 5.81. The summed E-state index contributed by atoms with van der Waals surface area (Å²) < 4.78 is 5.15. The third-order valence-corrected chi connectivity index (χ3v) is 4.77. The molecule has 134 valence electrons. The SMILES string of the molecule is COCC(C)(C)C(=O)NCC1CCCCN(Cc2ccccc2)C1. The fourth-order valence-electron chi connectivity index (χ4n) is 3.37. The molecule has 1 aromatic rings. The average molecular weight is 332 g/mol. The molecule has 1 atom stereocenters. The van der Waals surface area contributed by atoms with E-state index in [4.69, 9.17) is 4.74 Å². The normalized spacial score (nSPS) is 19.7. The molecule has 0 saturated carbocycles. The molecule has 1 saturated heterocycles. The molecule has 1 unspecified atom stereocenters. The minimum Gasteiger partial charge on any atom is -0.384 e. The molecule has 1 aliphatic heterocycles. The van der Waals surface area contributed by atoms with Gasteiger partial charge in [0.1, 0.15) is 0 Å². The third-order valence-electron chi connectivity index (χ3n) is 4.77. The molecule has 0 spiro atoms. The van der Waals surface area contributed by atoms with Gasteiger partial charge in [-0.25, -0.2) is 0 Å². The molecule has 0 aliphatic carbocycles. The lowest BCUT2D eigenvalue weighted by atomic mass is 9.93. The van der Waals surface area contributed by atoms with E-state index in [9.17, 15) is 4.79 Å². The first-order chi connectivity index (χ1) is 11.5. The Balaban J connectivity index is 1.85. The summed E-state index contributed by atoms with van der Waals surface area (Å²) in [6.07, 6.45) is 3.68. The maximum Gasteiger partial charge on any atom is 0.227 e. The van der Waals surface area contributed by atoms with Crippen molar-refractivity contribution in [2.75, 3.05) is 33.4 Å². The van der Waals surface area contributed by atoms with Crippen LogP contribution in [-0.4, -0.2) is 44.2 Å². The smallest absolute Gasteiger partial charge is 0.227 e. The molecular formula is C20H32N2O2. The predicted octanol–water partition coefficient (Wildman–Crippen LogP) is 3.08. The molecule has 1 aromatic carbocycles. The average Bonchev–Trinajstić information content (AvgIpc) is 2.78. The lowest BCUT2D eigenvalue weighted by Gasteiger charge is -2.27. The molecule has 1 fully saturated rings. The van der Waals surface area contributed by atoms with E-state index in [1.165, 1.54) is 24.8 Å². The molecule has 1 heterocycles. The highest BCUT2D eigenvalue weighted by atomic mass is 16.5. The summed E-state index contributed by atoms with van der Waals surface area (Å²) in [6, 6.07) is 10.6. The van der Waals surface area contributed by atoms with E-state index in [2.05, 4.69) is 40.5 Å². The maximum atomic E-state index is 12.4. The van der Waals surface area contributed by atoms with Crippen molar-refractivity contribution in [1.82, 2.24) is 10.2 Å². The standard InChI is InChI=1S/C20H32N2O2/c1-20(2,16-24-3)19(23)21-13-18-11-7-8-12-22(15-18)14-17-9-5-4-6-10-17/h4-6,9-10,18H,7-8,11-16H2,1-3H3,(H,21,23). The molecule has 4 nitrogen and oxygen atoms in total. The van der Waals surface area contributed by atoms with E-state index >= 15 is 0 Å². The number of rotatable bonds is 7. The molecule has 0 aromatic heterocycles. The van der Waals surface area contributed by atoms with Crippen molar-refractivity contribution in [3.8, 4) is 0 Å². The Bertz CT molecular complexity index is 502. The summed E-state index contributed by atoms with van der Waals surface area (Å²) in [5.41, 5.74) is 0.895. The van der Waals surface area contributed by atoms with Crippen LogP contribution in [0.1, 0.15) is 38.7 Å². The summed E-state index contributed by atoms with van der Waals surface area (Å²) in [4.78, 5) is 14.9. The third kappa shape index (κ3) is 5.91. The minimum atomic E-state index is -0.469. The van der Waals surface area contributed by atoms with Crippen molar-refractivity contribution in [3.05, 3.63) is 35.9 Å². The van der Waals surface area contributed by atoms with Gasteiger partial charge in [-0.3, -0.25) is 9.69 Å². The first kappa shape index (κ1) is 18.9. The summed E-state index contributed by atoms with van der Waals surface area (Å²) in [5, 5.41) is 3.14. The van der Waals surface area contributed by atoms with Crippen LogP contribution in [0.15, 0.2) is 30.3 Å². The Kier molecular flexibility index (Phi) is 7.25. The lowest BCUT2D eigenvalue weighted by Crippen LogP contribution is -2.43. The second-order valence-electron chi connectivity index (χ2n) is 7.61. The number of hydrogen-bond acceptors (Lipinski definition) is 3. The van der Waals surface area contributed by atoms with Gasteiger partial charge >= 0.3 is 0 Å². The number of carbonyl (C=O) groups excluding carboxylic acids is 1. The van der Waals surface area contributed by atoms with Gasteiger partial charge in [-0.1, -0.05) is 36.8 Å². The van der Waals surface area contributed by atoms with Crippen molar-refractivity contribution >= 4 is 5.91 Å². The van der Waals surface area contributed by atoms with E-state index < -0.39 is 5.41 Å². The molecule has 24 heavy (non-hydrogen) atoms. The van der Waals surface area contributed by atoms with Crippen molar-refractivity contribution in [1.29, 1.82) is 0 Å². The monoisotopic (exact) mass is 332 g/mol. The number of hydrogen-bond donors (Lipinski definition) is 1. The van der Waals surface area contributed by atoms with Gasteiger partial charge in [0.15, 0.2) is 0 Å². The number of benzene rings is 1. The number of ether oxygens (including phenoxy) is 1. The van der Waals surface area contributed by atoms with E-state index in [1.807, 2.05) is 13.8 Å². The Morgan fingerprint density at radius 1 is 1.29 bits per heavy atom. The van der Waals surface area contributed by atoms with E-state index in [-0.39, 0.29) is 5.91 Å². The lowest BCUT2D eigenvalue weighted by molar-refractivity contribution is -0.132. The van der Waals surface area contributed by atoms with Crippen molar-refractivity contribution in [2.45, 2.75) is 39.7 Å². The van der Waals surface area contributed by atoms with Crippen LogP contribution in [0.4, 0.5) is 0 Å². The summed E-state index contributed by atoms with van der Waals surface area (Å²) in [6.45, 7) is 8.27. The quantitative estimate of drug-likeness (QED) is 0.834. The van der Waals surface area contributed by atoms with Crippen LogP contribution in [0.3, 0.4) is 0 Å². The number of carbonyl (C=O) groups is 1. The number of nitrogens with one attached hydrogen (secondary N) is 1. The van der Waals surface area contributed by atoms with Crippen LogP contribution in [0.2, 0.25) is 0 Å². The fraction of sp³-hybridized carbons (Fsp3) is 0.650. The van der Waals surface area contributed by atoms with Crippen LogP contribution >= 0.6 is 0 Å².